The minimum Gasteiger partial charge on any atom is -0.466 e. The van der Waals surface area contributed by atoms with E-state index in [9.17, 15) is 9.59 Å². The molecule has 0 saturated carbocycles. The van der Waals surface area contributed by atoms with E-state index in [1.807, 2.05) is 31.2 Å². The Morgan fingerprint density at radius 1 is 1.09 bits per heavy atom. The van der Waals surface area contributed by atoms with Crippen molar-refractivity contribution in [1.82, 2.24) is 16.2 Å². The maximum Gasteiger partial charge on any atom is 0.333 e. The molecular formula is C16H19N3O3. The Bertz CT molecular complexity index is 692. The first-order chi connectivity index (χ1) is 10.5. The third-order valence-electron chi connectivity index (χ3n) is 3.11. The quantitative estimate of drug-likeness (QED) is 0.761. The summed E-state index contributed by atoms with van der Waals surface area (Å²) in [6, 6.07) is 8.96. The second-order valence-electron chi connectivity index (χ2n) is 5.08. The normalized spacial score (nSPS) is 10.1. The van der Waals surface area contributed by atoms with Crippen LogP contribution in [-0.2, 0) is 6.54 Å². The summed E-state index contributed by atoms with van der Waals surface area (Å²) in [5, 5.41) is 2.66. The van der Waals surface area contributed by atoms with Gasteiger partial charge < -0.3 is 9.73 Å². The lowest BCUT2D eigenvalue weighted by Crippen LogP contribution is -2.46. The van der Waals surface area contributed by atoms with Gasteiger partial charge in [0, 0.05) is 6.54 Å². The van der Waals surface area contributed by atoms with Crippen LogP contribution in [0.2, 0.25) is 0 Å². The summed E-state index contributed by atoms with van der Waals surface area (Å²) < 4.78 is 5.27. The molecule has 0 aliphatic rings. The smallest absolute Gasteiger partial charge is 0.333 e. The van der Waals surface area contributed by atoms with Gasteiger partial charge in [0.25, 0.3) is 5.91 Å². The number of urea groups is 1. The van der Waals surface area contributed by atoms with Crippen LogP contribution in [0.5, 0.6) is 0 Å². The van der Waals surface area contributed by atoms with Crippen LogP contribution < -0.4 is 16.2 Å². The van der Waals surface area contributed by atoms with Gasteiger partial charge in [-0.3, -0.25) is 10.2 Å². The van der Waals surface area contributed by atoms with Gasteiger partial charge in [0.1, 0.15) is 11.5 Å². The summed E-state index contributed by atoms with van der Waals surface area (Å²) in [5.41, 5.74) is 7.16. The summed E-state index contributed by atoms with van der Waals surface area (Å²) in [7, 11) is 0. The molecule has 2 aromatic rings. The highest BCUT2D eigenvalue weighted by Gasteiger charge is 2.13. The number of hydrogen-bond donors (Lipinski definition) is 3. The molecule has 1 aromatic carbocycles. The number of rotatable bonds is 3. The summed E-state index contributed by atoms with van der Waals surface area (Å²) in [4.78, 5) is 23.6. The van der Waals surface area contributed by atoms with Crippen molar-refractivity contribution in [2.24, 2.45) is 0 Å². The first-order valence-electron chi connectivity index (χ1n) is 6.92. The Kier molecular flexibility index (Phi) is 4.83. The summed E-state index contributed by atoms with van der Waals surface area (Å²) in [6.45, 7) is 5.82. The second-order valence-corrected chi connectivity index (χ2v) is 5.08. The third kappa shape index (κ3) is 4.12. The van der Waals surface area contributed by atoms with E-state index in [1.54, 1.807) is 19.9 Å². The van der Waals surface area contributed by atoms with Gasteiger partial charge in [0.05, 0.1) is 5.56 Å². The highest BCUT2D eigenvalue weighted by molar-refractivity contribution is 5.96. The number of carbonyl (C=O) groups is 2. The van der Waals surface area contributed by atoms with Crippen LogP contribution in [0.4, 0.5) is 4.79 Å². The predicted octanol–water partition coefficient (Wildman–Crippen LogP) is 2.35. The molecule has 0 unspecified atom stereocenters. The van der Waals surface area contributed by atoms with Crippen molar-refractivity contribution in [3.8, 4) is 0 Å². The van der Waals surface area contributed by atoms with E-state index in [0.29, 0.717) is 23.6 Å². The van der Waals surface area contributed by atoms with Gasteiger partial charge in [-0.25, -0.2) is 10.2 Å². The topological polar surface area (TPSA) is 83.4 Å². The predicted molar refractivity (Wildman–Crippen MR) is 82.2 cm³/mol. The Morgan fingerprint density at radius 3 is 2.50 bits per heavy atom. The summed E-state index contributed by atoms with van der Waals surface area (Å²) >= 11 is 0. The molecule has 116 valence electrons. The minimum absolute atomic E-state index is 0.382. The van der Waals surface area contributed by atoms with Crippen molar-refractivity contribution < 1.29 is 14.0 Å². The standard InChI is InChI=1S/C16H19N3O3/c1-10-5-4-6-13(7-10)9-17-16(21)19-18-15(20)14-8-11(2)22-12(14)3/h4-8H,9H2,1-3H3,(H,18,20)(H2,17,19,21). The lowest BCUT2D eigenvalue weighted by Gasteiger charge is -2.09. The molecule has 6 nitrogen and oxygen atoms in total. The van der Waals surface area contributed by atoms with Crippen molar-refractivity contribution in [3.63, 3.8) is 0 Å². The minimum atomic E-state index is -0.479. The zero-order chi connectivity index (χ0) is 16.1. The van der Waals surface area contributed by atoms with Crippen LogP contribution in [-0.4, -0.2) is 11.9 Å². The van der Waals surface area contributed by atoms with Gasteiger partial charge in [-0.2, -0.15) is 0 Å². The monoisotopic (exact) mass is 301 g/mol. The number of nitrogens with one attached hydrogen (secondary N) is 3. The SMILES string of the molecule is Cc1cccc(CNC(=O)NNC(=O)c2cc(C)oc2C)c1. The molecule has 0 atom stereocenters. The van der Waals surface area contributed by atoms with Crippen LogP contribution in [0.1, 0.15) is 33.0 Å². The molecule has 1 heterocycles. The molecule has 22 heavy (non-hydrogen) atoms. The molecule has 0 bridgehead atoms. The molecular weight excluding hydrogens is 282 g/mol. The Labute approximate surface area is 128 Å². The van der Waals surface area contributed by atoms with Gasteiger partial charge in [-0.05, 0) is 32.4 Å². The van der Waals surface area contributed by atoms with E-state index in [0.717, 1.165) is 11.1 Å². The van der Waals surface area contributed by atoms with Crippen LogP contribution in [0.3, 0.4) is 0 Å². The molecule has 3 N–H and O–H groups in total. The fourth-order valence-corrected chi connectivity index (χ4v) is 2.09. The van der Waals surface area contributed by atoms with E-state index in [2.05, 4.69) is 16.2 Å². The largest absolute Gasteiger partial charge is 0.466 e. The number of benzene rings is 1. The molecule has 0 saturated heterocycles. The average molecular weight is 301 g/mol. The lowest BCUT2D eigenvalue weighted by atomic mass is 10.1. The maximum atomic E-state index is 11.9. The van der Waals surface area contributed by atoms with E-state index in [1.165, 1.54) is 0 Å². The number of hydrogen-bond acceptors (Lipinski definition) is 3. The fraction of sp³-hybridized carbons (Fsp3) is 0.250. The third-order valence-corrected chi connectivity index (χ3v) is 3.11. The van der Waals surface area contributed by atoms with Gasteiger partial charge in [0.15, 0.2) is 0 Å². The van der Waals surface area contributed by atoms with Crippen molar-refractivity contribution in [3.05, 3.63) is 58.5 Å². The van der Waals surface area contributed by atoms with E-state index < -0.39 is 11.9 Å². The number of aryl methyl sites for hydroxylation is 3. The first-order valence-corrected chi connectivity index (χ1v) is 6.92. The van der Waals surface area contributed by atoms with Crippen molar-refractivity contribution >= 4 is 11.9 Å². The van der Waals surface area contributed by atoms with Crippen molar-refractivity contribution in [2.75, 3.05) is 0 Å². The van der Waals surface area contributed by atoms with Crippen LogP contribution >= 0.6 is 0 Å². The van der Waals surface area contributed by atoms with E-state index >= 15 is 0 Å². The van der Waals surface area contributed by atoms with Gasteiger partial charge in [-0.15, -0.1) is 0 Å². The zero-order valence-corrected chi connectivity index (χ0v) is 12.8. The molecule has 0 aliphatic carbocycles. The van der Waals surface area contributed by atoms with Gasteiger partial charge >= 0.3 is 6.03 Å². The average Bonchev–Trinajstić information content (AvgIpc) is 2.81. The Balaban J connectivity index is 1.80. The van der Waals surface area contributed by atoms with E-state index in [-0.39, 0.29) is 0 Å². The van der Waals surface area contributed by atoms with Crippen LogP contribution in [0.15, 0.2) is 34.7 Å². The summed E-state index contributed by atoms with van der Waals surface area (Å²) in [5.74, 6) is 0.739. The molecule has 2 rings (SSSR count). The first kappa shape index (κ1) is 15.6. The van der Waals surface area contributed by atoms with Gasteiger partial charge in [0.2, 0.25) is 0 Å². The van der Waals surface area contributed by atoms with E-state index in [4.69, 9.17) is 4.42 Å². The fourth-order valence-electron chi connectivity index (χ4n) is 2.09. The van der Waals surface area contributed by atoms with Crippen molar-refractivity contribution in [1.29, 1.82) is 0 Å². The number of amides is 3. The zero-order valence-electron chi connectivity index (χ0n) is 12.8. The highest BCUT2D eigenvalue weighted by atomic mass is 16.3. The second kappa shape index (κ2) is 6.80. The number of hydrazine groups is 1. The molecule has 6 heteroatoms. The van der Waals surface area contributed by atoms with Crippen LogP contribution in [0, 0.1) is 20.8 Å². The maximum absolute atomic E-state index is 11.9. The van der Waals surface area contributed by atoms with Crippen molar-refractivity contribution in [2.45, 2.75) is 27.3 Å². The molecule has 0 aliphatic heterocycles. The Morgan fingerprint density at radius 2 is 1.86 bits per heavy atom. The molecule has 0 radical (unpaired) electrons. The van der Waals surface area contributed by atoms with Gasteiger partial charge in [-0.1, -0.05) is 29.8 Å². The molecule has 0 fully saturated rings. The highest BCUT2D eigenvalue weighted by Crippen LogP contribution is 2.12. The molecule has 0 spiro atoms. The number of furan rings is 1. The lowest BCUT2D eigenvalue weighted by molar-refractivity contribution is 0.0934. The van der Waals surface area contributed by atoms with Crippen LogP contribution in [0.25, 0.3) is 0 Å². The summed E-state index contributed by atoms with van der Waals surface area (Å²) in [6.07, 6.45) is 0. The molecule has 1 aromatic heterocycles. The Hall–Kier alpha value is -2.76. The number of carbonyl (C=O) groups excluding carboxylic acids is 2. The molecule has 3 amide bonds.